The molecule has 5 atom stereocenters. The van der Waals surface area contributed by atoms with Gasteiger partial charge in [0.25, 0.3) is 13.4 Å². The summed E-state index contributed by atoms with van der Waals surface area (Å²) in [6, 6.07) is 31.2. The van der Waals surface area contributed by atoms with Crippen LogP contribution in [0.5, 0.6) is 0 Å². The Labute approximate surface area is 560 Å². The number of nitrogens with zero attached hydrogens (tertiary/aromatic N) is 11. The Balaban J connectivity index is 0.000000172. The highest BCUT2D eigenvalue weighted by molar-refractivity contribution is 8.07. The van der Waals surface area contributed by atoms with E-state index in [0.717, 1.165) is 16.0 Å². The number of fused-ring (bicyclic) bond motifs is 2. The van der Waals surface area contributed by atoms with Crippen molar-refractivity contribution in [2.24, 2.45) is 0 Å². The van der Waals surface area contributed by atoms with Gasteiger partial charge in [0.05, 0.1) is 64.6 Å². The summed E-state index contributed by atoms with van der Waals surface area (Å²) in [5.41, 5.74) is 5.64. The lowest BCUT2D eigenvalue weighted by Crippen LogP contribution is -2.38. The first-order valence-corrected chi connectivity index (χ1v) is 35.3. The first kappa shape index (κ1) is 69.4. The van der Waals surface area contributed by atoms with Crippen molar-refractivity contribution in [1.29, 1.82) is 0 Å². The van der Waals surface area contributed by atoms with Gasteiger partial charge in [0, 0.05) is 108 Å². The van der Waals surface area contributed by atoms with E-state index < -0.39 is 74.1 Å². The molecule has 0 radical (unpaired) electrons. The molecule has 21 nitrogen and oxygen atoms in total. The van der Waals surface area contributed by atoms with Crippen molar-refractivity contribution in [2.75, 3.05) is 47.6 Å². The van der Waals surface area contributed by atoms with Gasteiger partial charge in [0.15, 0.2) is 23.2 Å². The second-order valence-electron chi connectivity index (χ2n) is 22.1. The molecule has 492 valence electrons. The van der Waals surface area contributed by atoms with Gasteiger partial charge < -0.3 is 30.6 Å². The van der Waals surface area contributed by atoms with Crippen molar-refractivity contribution in [2.45, 2.75) is 63.7 Å². The van der Waals surface area contributed by atoms with Gasteiger partial charge in [0.1, 0.15) is 55.0 Å². The van der Waals surface area contributed by atoms with Gasteiger partial charge in [-0.15, -0.1) is 0 Å². The summed E-state index contributed by atoms with van der Waals surface area (Å²) >= 11 is 23.7. The third-order valence-corrected chi connectivity index (χ3v) is 19.3. The van der Waals surface area contributed by atoms with Crippen LogP contribution in [-0.2, 0) is 31.3 Å². The van der Waals surface area contributed by atoms with Crippen LogP contribution in [0.2, 0.25) is 10.0 Å². The zero-order valence-electron chi connectivity index (χ0n) is 50.8. The quantitative estimate of drug-likeness (QED) is 0.0375. The summed E-state index contributed by atoms with van der Waals surface area (Å²) in [6.07, 6.45) is 5.76. The van der Waals surface area contributed by atoms with Crippen LogP contribution in [-0.4, -0.2) is 124 Å². The number of Topliss-reactive ketones (excluding diaryl/α,β-unsaturated/α-hetero) is 2. The lowest BCUT2D eigenvalue weighted by molar-refractivity contribution is -0.119. The number of nitrogens with one attached hydrogen (secondary N) is 3. The van der Waals surface area contributed by atoms with Crippen LogP contribution in [0.15, 0.2) is 159 Å². The average Bonchev–Trinajstić information content (AvgIpc) is 1.65. The number of benzene rings is 6. The maximum absolute atomic E-state index is 15.6. The zero-order valence-corrected chi connectivity index (χ0v) is 55.6. The highest BCUT2D eigenvalue weighted by atomic mass is 35.9. The van der Waals surface area contributed by atoms with Gasteiger partial charge in [-0.3, -0.25) is 37.7 Å². The molecule has 10 aromatic rings. The fourth-order valence-corrected chi connectivity index (χ4v) is 14.2. The summed E-state index contributed by atoms with van der Waals surface area (Å²) in [6.45, 7) is 2.40. The molecule has 4 N–H and O–H groups in total. The minimum Gasteiger partial charge on any atom is -0.342 e. The Bertz CT molecular complexity index is 4640. The van der Waals surface area contributed by atoms with Crippen molar-refractivity contribution >= 4 is 138 Å². The molecular formula is C64H58Cl4F4N14O7P2. The van der Waals surface area contributed by atoms with Crippen molar-refractivity contribution < 1.29 is 50.8 Å². The second-order valence-corrected chi connectivity index (χ2v) is 30.2. The molecule has 4 aromatic heterocycles. The van der Waals surface area contributed by atoms with Gasteiger partial charge in [-0.05, 0) is 83.1 Å². The highest BCUT2D eigenvalue weighted by Crippen LogP contribution is 2.58. The summed E-state index contributed by atoms with van der Waals surface area (Å²) in [5.74, 6) is -6.56. The number of carbonyl (C=O) groups excluding carboxylic acids is 4. The molecule has 12 rings (SSSR count). The lowest BCUT2D eigenvalue weighted by Gasteiger charge is -2.28. The van der Waals surface area contributed by atoms with E-state index in [1.54, 1.807) is 122 Å². The van der Waals surface area contributed by atoms with Crippen LogP contribution in [0.3, 0.4) is 0 Å². The second kappa shape index (κ2) is 29.7. The van der Waals surface area contributed by atoms with Gasteiger partial charge in [0.2, 0.25) is 11.8 Å². The van der Waals surface area contributed by atoms with E-state index in [1.807, 2.05) is 24.1 Å². The molecular weight excluding hydrogens is 1360 g/mol. The van der Waals surface area contributed by atoms with Crippen LogP contribution in [0, 0.1) is 11.6 Å². The van der Waals surface area contributed by atoms with E-state index >= 15 is 4.39 Å². The number of ketones is 2. The third kappa shape index (κ3) is 16.1. The minimum absolute atomic E-state index is 0.0523. The molecule has 0 bridgehead atoms. The molecule has 0 saturated carbocycles. The molecule has 1 unspecified atom stereocenters. The molecule has 2 fully saturated rings. The number of amides is 2. The van der Waals surface area contributed by atoms with Gasteiger partial charge in [-0.1, -0.05) is 83.9 Å². The summed E-state index contributed by atoms with van der Waals surface area (Å²) in [4.78, 5) is 81.1. The number of halogens is 8. The van der Waals surface area contributed by atoms with Crippen molar-refractivity contribution in [3.8, 4) is 22.3 Å². The molecule has 95 heavy (non-hydrogen) atoms. The maximum Gasteiger partial charge on any atom is 0.291 e. The van der Waals surface area contributed by atoms with Crippen LogP contribution < -0.4 is 25.8 Å². The fourth-order valence-electron chi connectivity index (χ4n) is 10.8. The molecule has 2 amide bonds. The molecule has 6 heterocycles. The average molecular weight is 1420 g/mol. The van der Waals surface area contributed by atoms with E-state index in [1.165, 1.54) is 60.1 Å². The fraction of sp³-hybridized carbons (Fsp3) is 0.219. The molecule has 6 aromatic carbocycles. The van der Waals surface area contributed by atoms with E-state index in [9.17, 15) is 46.4 Å². The third-order valence-electron chi connectivity index (χ3n) is 15.6. The summed E-state index contributed by atoms with van der Waals surface area (Å²) < 4.78 is 87.4. The van der Waals surface area contributed by atoms with Gasteiger partial charge >= 0.3 is 0 Å². The Hall–Kier alpha value is -8.48. The predicted octanol–water partition coefficient (Wildman–Crippen LogP) is 14.7. The van der Waals surface area contributed by atoms with E-state index in [4.69, 9.17) is 45.7 Å². The van der Waals surface area contributed by atoms with Crippen molar-refractivity contribution in [3.63, 3.8) is 0 Å². The van der Waals surface area contributed by atoms with Crippen LogP contribution in [0.4, 0.5) is 51.7 Å². The Morgan fingerprint density at radius 3 is 1.47 bits per heavy atom. The Kier molecular flexibility index (Phi) is 21.7. The zero-order chi connectivity index (χ0) is 68.0. The van der Waals surface area contributed by atoms with Crippen molar-refractivity contribution in [1.82, 2.24) is 49.5 Å². The number of alkyl halides is 2. The monoisotopic (exact) mass is 1410 g/mol. The normalized spacial score (nSPS) is 16.9. The SMILES string of the molecule is CC(=O)c1nn(CP(=O)(Cl)Cl)c2ccc(N(C)c3cncnc3)cc12.CC(=O)c1nn(CP(=O)(O)N2C[C@H](F)C[C@H]2C(=O)Nc2cccc(-c3ccccc3Cl)c2F)c2ccc(N(C)c3cncnc3)cc12.O=C(Nc1cccc(-c2ccccc2Cl)c1F)[C@@H]1C[C@@H](F)CN1. The lowest BCUT2D eigenvalue weighted by atomic mass is 10.0. The summed E-state index contributed by atoms with van der Waals surface area (Å²) in [5, 5.41) is 18.1. The molecule has 2 saturated heterocycles. The molecule has 0 aliphatic carbocycles. The standard InChI is InChI=1S/C32H29ClF2N7O4P.C17H15ClF2N2O.C15H14Cl2N5O2P/c1-19(43)31-25-13-21(40(2)22-14-36-17-37-15-22)10-11-28(25)41(39-31)18-47(45,46)42-16-20(34)12-29(42)32(44)38-27-9-5-7-24(30(27)35)23-6-3-4-8-26(23)33;18-13-6-2-1-4-11(13)12-5-3-7-14(16(12)20)22-17(23)15-8-10(19)9-21-15;1-10(23)15-13-5-11(21(2)12-6-18-8-19-7-12)3-4-14(13)22(20-15)9-25(16,17)24/h3-11,13-15,17,20,29H,12,16,18H2,1-2H3,(H,38,44)(H,45,46);1-7,10,15,21H,8-9H2,(H,22,23);3-8H,9H2,1-2H3/t20-,29+;10-,15+;/m11./s1. The number of hydrogen-bond donors (Lipinski definition) is 4. The molecule has 2 aliphatic rings. The highest BCUT2D eigenvalue weighted by Gasteiger charge is 2.46. The summed E-state index contributed by atoms with van der Waals surface area (Å²) in [7, 11) is -0.846. The number of anilines is 6. The van der Waals surface area contributed by atoms with E-state index in [-0.39, 0.29) is 65.6 Å². The maximum atomic E-state index is 15.6. The number of rotatable bonds is 17. The van der Waals surface area contributed by atoms with Crippen molar-refractivity contribution in [3.05, 3.63) is 192 Å². The first-order valence-electron chi connectivity index (χ1n) is 29.0. The van der Waals surface area contributed by atoms with Gasteiger partial charge in [-0.25, -0.2) is 42.2 Å². The van der Waals surface area contributed by atoms with Crippen LogP contribution >= 0.6 is 59.1 Å². The van der Waals surface area contributed by atoms with Crippen LogP contribution in [0.1, 0.15) is 47.7 Å². The smallest absolute Gasteiger partial charge is 0.291 e. The number of hydrogen-bond acceptors (Lipinski definition) is 15. The minimum atomic E-state index is -4.51. The number of aromatic nitrogens is 8. The predicted molar refractivity (Wildman–Crippen MR) is 361 cm³/mol. The Morgan fingerprint density at radius 1 is 0.600 bits per heavy atom. The largest absolute Gasteiger partial charge is 0.342 e. The topological polar surface area (TPSA) is 256 Å². The molecule has 31 heteroatoms. The molecule has 0 spiro atoms. The number of carbonyl (C=O) groups is 4. The Morgan fingerprint density at radius 2 is 1.04 bits per heavy atom. The first-order chi connectivity index (χ1) is 45.3. The van der Waals surface area contributed by atoms with E-state index in [0.29, 0.717) is 59.9 Å². The van der Waals surface area contributed by atoms with E-state index in [2.05, 4.69) is 46.1 Å². The van der Waals surface area contributed by atoms with Gasteiger partial charge in [-0.2, -0.15) is 10.2 Å². The molecule has 2 aliphatic heterocycles. The van der Waals surface area contributed by atoms with Crippen LogP contribution in [0.25, 0.3) is 44.1 Å².